The van der Waals surface area contributed by atoms with Gasteiger partial charge >= 0.3 is 0 Å². The molecule has 106 valence electrons. The van der Waals surface area contributed by atoms with Gasteiger partial charge in [-0.25, -0.2) is 0 Å². The van der Waals surface area contributed by atoms with Crippen molar-refractivity contribution in [3.8, 4) is 0 Å². The fourth-order valence-electron chi connectivity index (χ4n) is 3.03. The molecular weight excluding hydrogens is 232 g/mol. The Balaban J connectivity index is 2.10. The summed E-state index contributed by atoms with van der Waals surface area (Å²) in [6, 6.07) is 7.35. The van der Waals surface area contributed by atoms with E-state index in [4.69, 9.17) is 0 Å². The summed E-state index contributed by atoms with van der Waals surface area (Å²) in [4.78, 5) is 2.60. The van der Waals surface area contributed by atoms with E-state index in [9.17, 15) is 0 Å². The molecule has 1 N–H and O–H groups in total. The molecule has 0 spiro atoms. The molecule has 0 amide bonds. The fourth-order valence-corrected chi connectivity index (χ4v) is 3.03. The first-order chi connectivity index (χ1) is 9.20. The first-order valence-corrected chi connectivity index (χ1v) is 7.73. The van der Waals surface area contributed by atoms with Gasteiger partial charge in [-0.15, -0.1) is 0 Å². The maximum atomic E-state index is 3.73. The van der Waals surface area contributed by atoms with Gasteiger partial charge in [-0.05, 0) is 63.9 Å². The van der Waals surface area contributed by atoms with Gasteiger partial charge in [-0.3, -0.25) is 0 Å². The summed E-state index contributed by atoms with van der Waals surface area (Å²) >= 11 is 0. The van der Waals surface area contributed by atoms with Crippen LogP contribution in [0.5, 0.6) is 0 Å². The topological polar surface area (TPSA) is 15.3 Å². The first-order valence-electron chi connectivity index (χ1n) is 7.73. The number of nitrogens with zero attached hydrogens (tertiary/aromatic N) is 1. The average molecular weight is 260 g/mol. The summed E-state index contributed by atoms with van der Waals surface area (Å²) in [5.74, 6) is 0. The third kappa shape index (κ3) is 4.05. The van der Waals surface area contributed by atoms with Gasteiger partial charge in [0.25, 0.3) is 0 Å². The second-order valence-electron chi connectivity index (χ2n) is 5.87. The minimum absolute atomic E-state index is 0.485. The van der Waals surface area contributed by atoms with Crippen molar-refractivity contribution < 1.29 is 0 Å². The van der Waals surface area contributed by atoms with Crippen LogP contribution in [0.15, 0.2) is 18.2 Å². The maximum Gasteiger partial charge on any atom is 0.0451 e. The zero-order valence-electron chi connectivity index (χ0n) is 12.7. The predicted octanol–water partition coefficient (Wildman–Crippen LogP) is 3.44. The number of hydrogen-bond acceptors (Lipinski definition) is 2. The number of benzene rings is 1. The van der Waals surface area contributed by atoms with E-state index in [1.165, 1.54) is 49.0 Å². The van der Waals surface area contributed by atoms with Crippen molar-refractivity contribution in [2.75, 3.05) is 26.2 Å². The Morgan fingerprint density at radius 1 is 1.21 bits per heavy atom. The summed E-state index contributed by atoms with van der Waals surface area (Å²) in [6.45, 7) is 11.5. The molecule has 0 bridgehead atoms. The van der Waals surface area contributed by atoms with Crippen molar-refractivity contribution in [1.82, 2.24) is 10.2 Å². The zero-order valence-corrected chi connectivity index (χ0v) is 12.7. The number of hydrogen-bond donors (Lipinski definition) is 1. The van der Waals surface area contributed by atoms with E-state index in [-0.39, 0.29) is 0 Å². The molecule has 0 saturated carbocycles. The molecule has 1 aliphatic rings. The lowest BCUT2D eigenvalue weighted by atomic mass is 9.98. The van der Waals surface area contributed by atoms with Crippen LogP contribution in [0.2, 0.25) is 0 Å². The van der Waals surface area contributed by atoms with E-state index in [1.54, 1.807) is 0 Å². The quantitative estimate of drug-likeness (QED) is 0.843. The molecule has 19 heavy (non-hydrogen) atoms. The lowest BCUT2D eigenvalue weighted by molar-refractivity contribution is 0.292. The molecule has 1 fully saturated rings. The smallest absolute Gasteiger partial charge is 0.0451 e. The standard InChI is InChI=1S/C17H28N2/c1-4-9-18-17(13-19-10-5-6-11-19)16-8-7-14(2)12-15(16)3/h7-8,12,17-18H,4-6,9-11,13H2,1-3H3. The highest BCUT2D eigenvalue weighted by Crippen LogP contribution is 2.22. The average Bonchev–Trinajstić information content (AvgIpc) is 2.88. The molecule has 1 aromatic rings. The van der Waals surface area contributed by atoms with Gasteiger partial charge in [0, 0.05) is 12.6 Å². The van der Waals surface area contributed by atoms with Crippen LogP contribution in [0.25, 0.3) is 0 Å². The first kappa shape index (κ1) is 14.5. The summed E-state index contributed by atoms with van der Waals surface area (Å²) in [7, 11) is 0. The maximum absolute atomic E-state index is 3.73. The normalized spacial score (nSPS) is 17.8. The second-order valence-corrected chi connectivity index (χ2v) is 5.87. The number of aryl methyl sites for hydroxylation is 2. The molecule has 0 aliphatic carbocycles. The Morgan fingerprint density at radius 2 is 1.95 bits per heavy atom. The van der Waals surface area contributed by atoms with E-state index in [0.29, 0.717) is 6.04 Å². The second kappa shape index (κ2) is 7.06. The molecule has 1 atom stereocenters. The van der Waals surface area contributed by atoms with E-state index in [1.807, 2.05) is 0 Å². The molecule has 0 aromatic heterocycles. The van der Waals surface area contributed by atoms with E-state index in [0.717, 1.165) is 13.1 Å². The molecule has 1 heterocycles. The van der Waals surface area contributed by atoms with Crippen molar-refractivity contribution in [1.29, 1.82) is 0 Å². The minimum Gasteiger partial charge on any atom is -0.309 e. The van der Waals surface area contributed by atoms with Crippen molar-refractivity contribution in [3.05, 3.63) is 34.9 Å². The van der Waals surface area contributed by atoms with Gasteiger partial charge in [-0.2, -0.15) is 0 Å². The van der Waals surface area contributed by atoms with Crippen LogP contribution in [0.3, 0.4) is 0 Å². The fraction of sp³-hybridized carbons (Fsp3) is 0.647. The summed E-state index contributed by atoms with van der Waals surface area (Å²) in [5, 5.41) is 3.73. The molecule has 1 aromatic carbocycles. The van der Waals surface area contributed by atoms with Crippen LogP contribution in [0.1, 0.15) is 48.9 Å². The zero-order chi connectivity index (χ0) is 13.7. The Labute approximate surface area is 118 Å². The predicted molar refractivity (Wildman–Crippen MR) is 82.6 cm³/mol. The van der Waals surface area contributed by atoms with Crippen molar-refractivity contribution in [3.63, 3.8) is 0 Å². The van der Waals surface area contributed by atoms with Crippen LogP contribution in [0, 0.1) is 13.8 Å². The van der Waals surface area contributed by atoms with E-state index in [2.05, 4.69) is 49.2 Å². The monoisotopic (exact) mass is 260 g/mol. The van der Waals surface area contributed by atoms with Gasteiger partial charge in [0.2, 0.25) is 0 Å². The van der Waals surface area contributed by atoms with E-state index >= 15 is 0 Å². The third-order valence-electron chi connectivity index (χ3n) is 4.08. The Bertz CT molecular complexity index is 394. The van der Waals surface area contributed by atoms with Crippen LogP contribution in [-0.2, 0) is 0 Å². The van der Waals surface area contributed by atoms with Crippen molar-refractivity contribution in [2.45, 2.75) is 46.1 Å². The van der Waals surface area contributed by atoms with Gasteiger partial charge in [0.1, 0.15) is 0 Å². The Hall–Kier alpha value is -0.860. The number of likely N-dealkylation sites (tertiary alicyclic amines) is 1. The molecule has 1 aliphatic heterocycles. The largest absolute Gasteiger partial charge is 0.309 e. The van der Waals surface area contributed by atoms with Crippen molar-refractivity contribution >= 4 is 0 Å². The minimum atomic E-state index is 0.485. The summed E-state index contributed by atoms with van der Waals surface area (Å²) in [6.07, 6.45) is 3.93. The SMILES string of the molecule is CCCNC(CN1CCCC1)c1ccc(C)cc1C. The molecule has 2 nitrogen and oxygen atoms in total. The Kier molecular flexibility index (Phi) is 5.41. The third-order valence-corrected chi connectivity index (χ3v) is 4.08. The lowest BCUT2D eigenvalue weighted by Crippen LogP contribution is -2.34. The lowest BCUT2D eigenvalue weighted by Gasteiger charge is -2.26. The number of nitrogens with one attached hydrogen (secondary N) is 1. The van der Waals surface area contributed by atoms with Crippen LogP contribution in [-0.4, -0.2) is 31.1 Å². The molecule has 1 saturated heterocycles. The van der Waals surface area contributed by atoms with Crippen molar-refractivity contribution in [2.24, 2.45) is 0 Å². The molecule has 2 rings (SSSR count). The van der Waals surface area contributed by atoms with Gasteiger partial charge < -0.3 is 10.2 Å². The highest BCUT2D eigenvalue weighted by Gasteiger charge is 2.19. The van der Waals surface area contributed by atoms with Gasteiger partial charge in [0.05, 0.1) is 0 Å². The highest BCUT2D eigenvalue weighted by atomic mass is 15.2. The van der Waals surface area contributed by atoms with Gasteiger partial charge in [-0.1, -0.05) is 30.7 Å². The highest BCUT2D eigenvalue weighted by molar-refractivity contribution is 5.33. The van der Waals surface area contributed by atoms with Crippen LogP contribution in [0.4, 0.5) is 0 Å². The Morgan fingerprint density at radius 3 is 2.58 bits per heavy atom. The summed E-state index contributed by atoms with van der Waals surface area (Å²) < 4.78 is 0. The molecule has 1 unspecified atom stereocenters. The molecule has 0 radical (unpaired) electrons. The van der Waals surface area contributed by atoms with Crippen LogP contribution >= 0.6 is 0 Å². The summed E-state index contributed by atoms with van der Waals surface area (Å²) in [5.41, 5.74) is 4.26. The van der Waals surface area contributed by atoms with Gasteiger partial charge in [0.15, 0.2) is 0 Å². The molecule has 2 heteroatoms. The van der Waals surface area contributed by atoms with E-state index < -0.39 is 0 Å². The number of rotatable bonds is 6. The molecular formula is C17H28N2. The van der Waals surface area contributed by atoms with Crippen LogP contribution < -0.4 is 5.32 Å².